The smallest absolute Gasteiger partial charge is 0.356 e. The SMILES string of the molecule is COC(=O)c1cc2c3ccccc3n(Cc3cc(OC)c(OC)c(OC)c3)c2c(CO)n1. The van der Waals surface area contributed by atoms with E-state index in [1.54, 1.807) is 27.4 Å². The van der Waals surface area contributed by atoms with E-state index in [9.17, 15) is 9.90 Å². The molecule has 0 saturated heterocycles. The zero-order chi connectivity index (χ0) is 22.8. The van der Waals surface area contributed by atoms with E-state index in [1.165, 1.54) is 7.11 Å². The summed E-state index contributed by atoms with van der Waals surface area (Å²) in [4.78, 5) is 16.5. The van der Waals surface area contributed by atoms with Crippen LogP contribution in [0.4, 0.5) is 0 Å². The minimum absolute atomic E-state index is 0.153. The van der Waals surface area contributed by atoms with E-state index in [2.05, 4.69) is 9.55 Å². The third-order valence-electron chi connectivity index (χ3n) is 5.43. The minimum Gasteiger partial charge on any atom is -0.493 e. The summed E-state index contributed by atoms with van der Waals surface area (Å²) in [7, 11) is 6.01. The molecule has 166 valence electrons. The summed E-state index contributed by atoms with van der Waals surface area (Å²) in [6.45, 7) is 0.125. The number of carbonyl (C=O) groups is 1. The maximum absolute atomic E-state index is 12.1. The molecule has 4 aromatic rings. The quantitative estimate of drug-likeness (QED) is 0.443. The zero-order valence-corrected chi connectivity index (χ0v) is 18.3. The highest BCUT2D eigenvalue weighted by Crippen LogP contribution is 2.39. The number of methoxy groups -OCH3 is 4. The van der Waals surface area contributed by atoms with Crippen LogP contribution < -0.4 is 14.2 Å². The van der Waals surface area contributed by atoms with Crippen molar-refractivity contribution in [3.8, 4) is 17.2 Å². The van der Waals surface area contributed by atoms with Gasteiger partial charge in [-0.1, -0.05) is 18.2 Å². The largest absolute Gasteiger partial charge is 0.493 e. The fourth-order valence-electron chi connectivity index (χ4n) is 4.05. The molecular weight excluding hydrogens is 412 g/mol. The van der Waals surface area contributed by atoms with Crippen LogP contribution in [0.2, 0.25) is 0 Å². The Kier molecular flexibility index (Phi) is 5.87. The van der Waals surface area contributed by atoms with Crippen molar-refractivity contribution >= 4 is 27.8 Å². The first-order valence-corrected chi connectivity index (χ1v) is 9.95. The average molecular weight is 436 g/mol. The Morgan fingerprint density at radius 2 is 1.66 bits per heavy atom. The Morgan fingerprint density at radius 1 is 0.969 bits per heavy atom. The van der Waals surface area contributed by atoms with Gasteiger partial charge >= 0.3 is 5.97 Å². The minimum atomic E-state index is -0.553. The van der Waals surface area contributed by atoms with Gasteiger partial charge in [-0.15, -0.1) is 0 Å². The van der Waals surface area contributed by atoms with Crippen molar-refractivity contribution in [3.05, 3.63) is 59.4 Å². The van der Waals surface area contributed by atoms with Gasteiger partial charge in [0.2, 0.25) is 5.75 Å². The Hall–Kier alpha value is -3.78. The molecule has 2 aromatic carbocycles. The number of benzene rings is 2. The molecule has 8 nitrogen and oxygen atoms in total. The van der Waals surface area contributed by atoms with Crippen LogP contribution in [0.3, 0.4) is 0 Å². The molecule has 0 radical (unpaired) electrons. The molecule has 8 heteroatoms. The predicted octanol–water partition coefficient (Wildman–Crippen LogP) is 3.54. The number of nitrogens with zero attached hydrogens (tertiary/aromatic N) is 2. The van der Waals surface area contributed by atoms with Crippen molar-refractivity contribution in [1.29, 1.82) is 0 Å². The molecule has 2 aromatic heterocycles. The number of para-hydroxylation sites is 1. The molecule has 0 amide bonds. The molecule has 2 heterocycles. The van der Waals surface area contributed by atoms with E-state index in [0.29, 0.717) is 29.5 Å². The first kappa shape index (κ1) is 21.5. The summed E-state index contributed by atoms with van der Waals surface area (Å²) in [6, 6.07) is 13.3. The number of aliphatic hydroxyl groups excluding tert-OH is 1. The molecule has 0 bridgehead atoms. The van der Waals surface area contributed by atoms with Crippen molar-refractivity contribution in [2.45, 2.75) is 13.2 Å². The molecule has 32 heavy (non-hydrogen) atoms. The summed E-state index contributed by atoms with van der Waals surface area (Å²) in [5.74, 6) is 1.07. The molecular formula is C24H24N2O6. The summed E-state index contributed by atoms with van der Waals surface area (Å²) < 4.78 is 23.3. The van der Waals surface area contributed by atoms with E-state index < -0.39 is 5.97 Å². The third kappa shape index (κ3) is 3.48. The van der Waals surface area contributed by atoms with Gasteiger partial charge in [0.25, 0.3) is 0 Å². The van der Waals surface area contributed by atoms with Gasteiger partial charge in [0.1, 0.15) is 5.69 Å². The van der Waals surface area contributed by atoms with Crippen LogP contribution in [0.15, 0.2) is 42.5 Å². The van der Waals surface area contributed by atoms with Gasteiger partial charge in [0.15, 0.2) is 11.5 Å². The standard InChI is InChI=1S/C24H24N2O6/c1-29-20-9-14(10-21(30-2)23(20)31-3)12-26-19-8-6-5-7-15(19)16-11-17(24(28)32-4)25-18(13-27)22(16)26/h5-11,27H,12-13H2,1-4H3. The van der Waals surface area contributed by atoms with E-state index in [4.69, 9.17) is 18.9 Å². The van der Waals surface area contributed by atoms with E-state index in [0.717, 1.165) is 27.4 Å². The maximum Gasteiger partial charge on any atom is 0.356 e. The van der Waals surface area contributed by atoms with Crippen molar-refractivity contribution in [3.63, 3.8) is 0 Å². The van der Waals surface area contributed by atoms with Gasteiger partial charge in [-0.3, -0.25) is 0 Å². The molecule has 0 unspecified atom stereocenters. The highest BCUT2D eigenvalue weighted by atomic mass is 16.5. The van der Waals surface area contributed by atoms with Gasteiger partial charge in [0, 0.05) is 22.8 Å². The van der Waals surface area contributed by atoms with Crippen LogP contribution in [0.25, 0.3) is 21.8 Å². The van der Waals surface area contributed by atoms with Crippen LogP contribution in [-0.2, 0) is 17.9 Å². The number of aliphatic hydroxyl groups is 1. The summed E-state index contributed by atoms with van der Waals surface area (Å²) in [5.41, 5.74) is 3.14. The van der Waals surface area contributed by atoms with Crippen molar-refractivity contribution in [2.24, 2.45) is 0 Å². The lowest BCUT2D eigenvalue weighted by Crippen LogP contribution is -2.09. The van der Waals surface area contributed by atoms with Gasteiger partial charge < -0.3 is 28.6 Å². The molecule has 0 fully saturated rings. The van der Waals surface area contributed by atoms with Gasteiger partial charge in [-0.25, -0.2) is 9.78 Å². The normalized spacial score (nSPS) is 11.0. The van der Waals surface area contributed by atoms with Crippen LogP contribution in [0.5, 0.6) is 17.2 Å². The number of aromatic nitrogens is 2. The summed E-state index contributed by atoms with van der Waals surface area (Å²) in [6.07, 6.45) is 0. The zero-order valence-electron chi connectivity index (χ0n) is 18.3. The molecule has 0 saturated carbocycles. The number of ether oxygens (including phenoxy) is 4. The molecule has 0 aliphatic carbocycles. The second-order valence-corrected chi connectivity index (χ2v) is 7.14. The van der Waals surface area contributed by atoms with Crippen molar-refractivity contribution < 1.29 is 28.8 Å². The van der Waals surface area contributed by atoms with Crippen LogP contribution in [0, 0.1) is 0 Å². The number of fused-ring (bicyclic) bond motifs is 3. The number of hydrogen-bond acceptors (Lipinski definition) is 7. The number of carbonyl (C=O) groups excluding carboxylic acids is 1. The lowest BCUT2D eigenvalue weighted by molar-refractivity contribution is 0.0593. The fourth-order valence-corrected chi connectivity index (χ4v) is 4.05. The first-order chi connectivity index (χ1) is 15.6. The lowest BCUT2D eigenvalue weighted by atomic mass is 10.1. The second-order valence-electron chi connectivity index (χ2n) is 7.14. The molecule has 0 aliphatic heterocycles. The molecule has 0 atom stereocenters. The Balaban J connectivity index is 1.98. The summed E-state index contributed by atoms with van der Waals surface area (Å²) >= 11 is 0. The molecule has 0 aliphatic rings. The van der Waals surface area contributed by atoms with Crippen molar-refractivity contribution in [1.82, 2.24) is 9.55 Å². The molecule has 4 rings (SSSR count). The molecule has 1 N–H and O–H groups in total. The topological polar surface area (TPSA) is 92.0 Å². The second kappa shape index (κ2) is 8.76. The third-order valence-corrected chi connectivity index (χ3v) is 5.43. The Labute approximate surface area is 184 Å². The Morgan fingerprint density at radius 3 is 2.25 bits per heavy atom. The average Bonchev–Trinajstić information content (AvgIpc) is 3.15. The number of esters is 1. The number of pyridine rings is 1. The van der Waals surface area contributed by atoms with Gasteiger partial charge in [-0.2, -0.15) is 0 Å². The van der Waals surface area contributed by atoms with Crippen LogP contribution >= 0.6 is 0 Å². The van der Waals surface area contributed by atoms with Gasteiger partial charge in [0.05, 0.1) is 46.3 Å². The fraction of sp³-hybridized carbons (Fsp3) is 0.250. The Bertz CT molecular complexity index is 1290. The van der Waals surface area contributed by atoms with E-state index >= 15 is 0 Å². The lowest BCUT2D eigenvalue weighted by Gasteiger charge is -2.16. The predicted molar refractivity (Wildman–Crippen MR) is 120 cm³/mol. The summed E-state index contributed by atoms with van der Waals surface area (Å²) in [5, 5.41) is 11.8. The van der Waals surface area contributed by atoms with Crippen molar-refractivity contribution in [2.75, 3.05) is 28.4 Å². The highest BCUT2D eigenvalue weighted by Gasteiger charge is 2.20. The maximum atomic E-state index is 12.1. The van der Waals surface area contributed by atoms with Crippen LogP contribution in [0.1, 0.15) is 21.7 Å². The highest BCUT2D eigenvalue weighted by molar-refractivity contribution is 6.10. The van der Waals surface area contributed by atoms with Crippen LogP contribution in [-0.4, -0.2) is 49.1 Å². The monoisotopic (exact) mass is 436 g/mol. The number of hydrogen-bond donors (Lipinski definition) is 1. The number of rotatable bonds is 7. The van der Waals surface area contributed by atoms with E-state index in [1.807, 2.05) is 36.4 Å². The first-order valence-electron chi connectivity index (χ1n) is 9.95. The van der Waals surface area contributed by atoms with E-state index in [-0.39, 0.29) is 12.3 Å². The van der Waals surface area contributed by atoms with Gasteiger partial charge in [-0.05, 0) is 29.8 Å². The molecule has 0 spiro atoms.